The van der Waals surface area contributed by atoms with Crippen LogP contribution in [0.25, 0.3) is 0 Å². The highest BCUT2D eigenvalue weighted by Gasteiger charge is 2.16. The zero-order chi connectivity index (χ0) is 12.1. The molecule has 1 aromatic carbocycles. The van der Waals surface area contributed by atoms with Crippen molar-refractivity contribution in [3.63, 3.8) is 0 Å². The fourth-order valence-electron chi connectivity index (χ4n) is 2.28. The fourth-order valence-corrected chi connectivity index (χ4v) is 2.28. The van der Waals surface area contributed by atoms with E-state index in [0.717, 1.165) is 26.2 Å². The Morgan fingerprint density at radius 2 is 2.06 bits per heavy atom. The van der Waals surface area contributed by atoms with Crippen molar-refractivity contribution in [2.75, 3.05) is 51.7 Å². The second-order valence-electron chi connectivity index (χ2n) is 4.92. The van der Waals surface area contributed by atoms with Crippen LogP contribution in [0.15, 0.2) is 24.3 Å². The van der Waals surface area contributed by atoms with Gasteiger partial charge in [-0.25, -0.2) is 0 Å². The third kappa shape index (κ3) is 3.45. The molecule has 3 nitrogen and oxygen atoms in total. The Morgan fingerprint density at radius 1 is 1.24 bits per heavy atom. The van der Waals surface area contributed by atoms with Gasteiger partial charge in [0.1, 0.15) is 0 Å². The molecule has 0 atom stereocenters. The fraction of sp³-hybridized carbons (Fsp3) is 0.571. The number of fused-ring (bicyclic) bond motifs is 1. The summed E-state index contributed by atoms with van der Waals surface area (Å²) in [6.45, 7) is 5.54. The summed E-state index contributed by atoms with van der Waals surface area (Å²) in [5, 5.41) is 3.49. The molecule has 17 heavy (non-hydrogen) atoms. The van der Waals surface area contributed by atoms with Gasteiger partial charge >= 0.3 is 0 Å². The number of rotatable bonds is 6. The van der Waals surface area contributed by atoms with E-state index in [1.165, 1.54) is 24.2 Å². The van der Waals surface area contributed by atoms with Crippen LogP contribution < -0.4 is 10.2 Å². The average molecular weight is 233 g/mol. The minimum Gasteiger partial charge on any atom is -0.370 e. The second-order valence-corrected chi connectivity index (χ2v) is 4.92. The smallest absolute Gasteiger partial charge is 0.0399 e. The summed E-state index contributed by atoms with van der Waals surface area (Å²) in [7, 11) is 4.22. The first-order chi connectivity index (χ1) is 8.27. The number of anilines is 1. The lowest BCUT2D eigenvalue weighted by molar-refractivity contribution is 0.401. The summed E-state index contributed by atoms with van der Waals surface area (Å²) in [6, 6.07) is 8.76. The van der Waals surface area contributed by atoms with Crippen molar-refractivity contribution >= 4 is 5.69 Å². The third-order valence-corrected chi connectivity index (χ3v) is 3.28. The molecular formula is C14H23N3. The molecule has 1 aromatic rings. The molecule has 0 aromatic heterocycles. The molecule has 1 aliphatic heterocycles. The van der Waals surface area contributed by atoms with Crippen LogP contribution in [0.3, 0.4) is 0 Å². The molecule has 0 saturated carbocycles. The van der Waals surface area contributed by atoms with Gasteiger partial charge in [0.2, 0.25) is 0 Å². The van der Waals surface area contributed by atoms with Crippen molar-refractivity contribution in [1.29, 1.82) is 0 Å². The normalized spacial score (nSPS) is 14.4. The quantitative estimate of drug-likeness (QED) is 0.745. The van der Waals surface area contributed by atoms with Gasteiger partial charge in [-0.05, 0) is 32.1 Å². The Morgan fingerprint density at radius 3 is 2.88 bits per heavy atom. The number of nitrogens with one attached hydrogen (secondary N) is 1. The average Bonchev–Trinajstić information content (AvgIpc) is 2.72. The van der Waals surface area contributed by atoms with E-state index in [0.29, 0.717) is 0 Å². The summed E-state index contributed by atoms with van der Waals surface area (Å²) in [5.74, 6) is 0. The zero-order valence-electron chi connectivity index (χ0n) is 10.9. The van der Waals surface area contributed by atoms with Crippen molar-refractivity contribution in [2.45, 2.75) is 6.42 Å². The molecule has 1 N–H and O–H groups in total. The standard InChI is InChI=1S/C14H23N3/c1-16(2)11-8-15-9-12-17-10-7-13-5-3-4-6-14(13)17/h3-6,15H,7-12H2,1-2H3. The number of benzene rings is 1. The Bertz CT molecular complexity index is 349. The first kappa shape index (κ1) is 12.4. The number of likely N-dealkylation sites (N-methyl/N-ethyl adjacent to an activating group) is 1. The highest BCUT2D eigenvalue weighted by Crippen LogP contribution is 2.26. The highest BCUT2D eigenvalue weighted by atomic mass is 15.2. The molecule has 0 aliphatic carbocycles. The Kier molecular flexibility index (Phi) is 4.40. The van der Waals surface area contributed by atoms with Gasteiger partial charge < -0.3 is 15.1 Å². The second kappa shape index (κ2) is 6.03. The summed E-state index contributed by atoms with van der Waals surface area (Å²) in [4.78, 5) is 4.69. The molecule has 3 heteroatoms. The maximum atomic E-state index is 3.49. The molecule has 0 spiro atoms. The van der Waals surface area contributed by atoms with Gasteiger partial charge in [-0.1, -0.05) is 18.2 Å². The lowest BCUT2D eigenvalue weighted by atomic mass is 10.2. The van der Waals surface area contributed by atoms with Crippen LogP contribution in [-0.2, 0) is 6.42 Å². The third-order valence-electron chi connectivity index (χ3n) is 3.28. The van der Waals surface area contributed by atoms with Crippen LogP contribution in [0.4, 0.5) is 5.69 Å². The van der Waals surface area contributed by atoms with E-state index in [1.807, 2.05) is 0 Å². The van der Waals surface area contributed by atoms with Gasteiger partial charge in [0.15, 0.2) is 0 Å². The van der Waals surface area contributed by atoms with Gasteiger partial charge in [-0.2, -0.15) is 0 Å². The molecule has 0 fully saturated rings. The lowest BCUT2D eigenvalue weighted by Gasteiger charge is -2.20. The number of hydrogen-bond donors (Lipinski definition) is 1. The maximum absolute atomic E-state index is 3.49. The molecule has 1 aliphatic rings. The summed E-state index contributed by atoms with van der Waals surface area (Å²) >= 11 is 0. The van der Waals surface area contributed by atoms with Crippen LogP contribution in [0, 0.1) is 0 Å². The van der Waals surface area contributed by atoms with Crippen LogP contribution in [0.1, 0.15) is 5.56 Å². The van der Waals surface area contributed by atoms with Crippen molar-refractivity contribution < 1.29 is 0 Å². The number of nitrogens with zero attached hydrogens (tertiary/aromatic N) is 2. The summed E-state index contributed by atoms with van der Waals surface area (Å²) in [6.07, 6.45) is 1.20. The molecule has 0 amide bonds. The molecular weight excluding hydrogens is 210 g/mol. The van der Waals surface area contributed by atoms with E-state index in [4.69, 9.17) is 0 Å². The summed E-state index contributed by atoms with van der Waals surface area (Å²) < 4.78 is 0. The first-order valence-corrected chi connectivity index (χ1v) is 6.45. The topological polar surface area (TPSA) is 18.5 Å². The van der Waals surface area contributed by atoms with E-state index in [1.54, 1.807) is 0 Å². The van der Waals surface area contributed by atoms with Gasteiger partial charge in [0.05, 0.1) is 0 Å². The molecule has 0 unspecified atom stereocenters. The molecule has 2 rings (SSSR count). The minimum absolute atomic E-state index is 1.07. The molecule has 0 bridgehead atoms. The van der Waals surface area contributed by atoms with Gasteiger partial charge in [0.25, 0.3) is 0 Å². The highest BCUT2D eigenvalue weighted by molar-refractivity contribution is 5.57. The van der Waals surface area contributed by atoms with Crippen LogP contribution in [-0.4, -0.2) is 51.7 Å². The van der Waals surface area contributed by atoms with Gasteiger partial charge in [-0.15, -0.1) is 0 Å². The van der Waals surface area contributed by atoms with Crippen molar-refractivity contribution in [3.05, 3.63) is 29.8 Å². The predicted molar refractivity (Wildman–Crippen MR) is 73.8 cm³/mol. The van der Waals surface area contributed by atoms with E-state index in [2.05, 4.69) is 53.5 Å². The maximum Gasteiger partial charge on any atom is 0.0399 e. The van der Waals surface area contributed by atoms with Gasteiger partial charge in [0, 0.05) is 38.4 Å². The zero-order valence-corrected chi connectivity index (χ0v) is 10.9. The Labute approximate surface area is 104 Å². The molecule has 0 saturated heterocycles. The summed E-state index contributed by atoms with van der Waals surface area (Å²) in [5.41, 5.74) is 2.93. The van der Waals surface area contributed by atoms with Crippen LogP contribution in [0.5, 0.6) is 0 Å². The Balaban J connectivity index is 1.71. The van der Waals surface area contributed by atoms with Crippen molar-refractivity contribution in [2.24, 2.45) is 0 Å². The predicted octanol–water partition coefficient (Wildman–Crippen LogP) is 1.20. The lowest BCUT2D eigenvalue weighted by Crippen LogP contribution is -2.34. The van der Waals surface area contributed by atoms with Crippen molar-refractivity contribution in [1.82, 2.24) is 10.2 Å². The first-order valence-electron chi connectivity index (χ1n) is 6.45. The van der Waals surface area contributed by atoms with E-state index in [9.17, 15) is 0 Å². The van der Waals surface area contributed by atoms with E-state index >= 15 is 0 Å². The monoisotopic (exact) mass is 233 g/mol. The molecule has 94 valence electrons. The molecule has 1 heterocycles. The SMILES string of the molecule is CN(C)CCNCCN1CCc2ccccc21. The number of para-hydroxylation sites is 1. The van der Waals surface area contributed by atoms with E-state index < -0.39 is 0 Å². The van der Waals surface area contributed by atoms with Crippen LogP contribution >= 0.6 is 0 Å². The van der Waals surface area contributed by atoms with Crippen LogP contribution in [0.2, 0.25) is 0 Å². The van der Waals surface area contributed by atoms with Gasteiger partial charge in [-0.3, -0.25) is 0 Å². The number of hydrogen-bond acceptors (Lipinski definition) is 3. The van der Waals surface area contributed by atoms with Crippen molar-refractivity contribution in [3.8, 4) is 0 Å². The largest absolute Gasteiger partial charge is 0.370 e. The Hall–Kier alpha value is -1.06. The minimum atomic E-state index is 1.07. The molecule has 0 radical (unpaired) electrons. The van der Waals surface area contributed by atoms with E-state index in [-0.39, 0.29) is 0 Å².